The zero-order chi connectivity index (χ0) is 27.6. The van der Waals surface area contributed by atoms with E-state index in [-0.39, 0.29) is 6.10 Å². The third kappa shape index (κ3) is 35.5. The number of hydrogen-bond acceptors (Lipinski definition) is 12. The normalized spacial score (nSPS) is 11.7. The van der Waals surface area contributed by atoms with Gasteiger partial charge < -0.3 is 56.8 Å². The van der Waals surface area contributed by atoms with Gasteiger partial charge in [-0.2, -0.15) is 0 Å². The van der Waals surface area contributed by atoms with Gasteiger partial charge in [-0.1, -0.05) is 0 Å². The van der Waals surface area contributed by atoms with Crippen LogP contribution in [0.4, 0.5) is 0 Å². The molecule has 0 saturated carbocycles. The smallest absolute Gasteiger partial charge is 0.0703 e. The van der Waals surface area contributed by atoms with Crippen molar-refractivity contribution in [3.05, 3.63) is 0 Å². The van der Waals surface area contributed by atoms with Crippen LogP contribution in [0.1, 0.15) is 13.8 Å². The molecular formula is C26H54O12. The van der Waals surface area contributed by atoms with E-state index in [4.69, 9.17) is 56.8 Å². The molecule has 12 heteroatoms. The van der Waals surface area contributed by atoms with Crippen LogP contribution in [0.25, 0.3) is 0 Å². The third-order valence-electron chi connectivity index (χ3n) is 4.46. The number of rotatable bonds is 34. The predicted octanol–water partition coefficient (Wildman–Crippen LogP) is 1.22. The molecule has 0 N–H and O–H groups in total. The molecule has 0 spiro atoms. The summed E-state index contributed by atoms with van der Waals surface area (Å²) in [5.74, 6) is 0. The van der Waals surface area contributed by atoms with Gasteiger partial charge in [-0.3, -0.25) is 0 Å². The molecule has 230 valence electrons. The van der Waals surface area contributed by atoms with Gasteiger partial charge in [0.1, 0.15) is 0 Å². The second-order valence-corrected chi connectivity index (χ2v) is 8.04. The fourth-order valence-corrected chi connectivity index (χ4v) is 2.57. The standard InChI is InChI=1S/C26H54O12/c1-26(2)38-25-24-37-23-22-36-21-20-35-19-18-34-17-16-33-15-14-32-13-12-31-11-10-30-9-8-29-7-6-28-5-4-27-3/h26H,4-25H2,1-3H3. The van der Waals surface area contributed by atoms with Gasteiger partial charge in [0, 0.05) is 7.11 Å². The number of methoxy groups -OCH3 is 1. The van der Waals surface area contributed by atoms with Crippen LogP contribution < -0.4 is 0 Å². The Morgan fingerprint density at radius 2 is 0.474 bits per heavy atom. The molecule has 0 radical (unpaired) electrons. The van der Waals surface area contributed by atoms with Gasteiger partial charge in [0.25, 0.3) is 0 Å². The van der Waals surface area contributed by atoms with Crippen LogP contribution in [0, 0.1) is 0 Å². The van der Waals surface area contributed by atoms with E-state index in [0.29, 0.717) is 145 Å². The Morgan fingerprint density at radius 1 is 0.289 bits per heavy atom. The van der Waals surface area contributed by atoms with Gasteiger partial charge in [-0.05, 0) is 13.8 Å². The van der Waals surface area contributed by atoms with Crippen molar-refractivity contribution in [3.63, 3.8) is 0 Å². The minimum Gasteiger partial charge on any atom is -0.382 e. The molecule has 0 amide bonds. The molecule has 0 bridgehead atoms. The van der Waals surface area contributed by atoms with Crippen LogP contribution in [0.15, 0.2) is 0 Å². The highest BCUT2D eigenvalue weighted by molar-refractivity contribution is 4.39. The van der Waals surface area contributed by atoms with Gasteiger partial charge in [0.15, 0.2) is 0 Å². The summed E-state index contributed by atoms with van der Waals surface area (Å²) in [7, 11) is 1.65. The first-order valence-corrected chi connectivity index (χ1v) is 13.6. The lowest BCUT2D eigenvalue weighted by molar-refractivity contribution is -0.0290. The maximum Gasteiger partial charge on any atom is 0.0703 e. The quantitative estimate of drug-likeness (QED) is 0.106. The van der Waals surface area contributed by atoms with Crippen molar-refractivity contribution in [2.75, 3.05) is 152 Å². The Labute approximate surface area is 229 Å². The largest absolute Gasteiger partial charge is 0.382 e. The van der Waals surface area contributed by atoms with Crippen molar-refractivity contribution < 1.29 is 56.8 Å². The van der Waals surface area contributed by atoms with Crippen molar-refractivity contribution in [1.82, 2.24) is 0 Å². The van der Waals surface area contributed by atoms with E-state index in [1.165, 1.54) is 0 Å². The number of ether oxygens (including phenoxy) is 12. The van der Waals surface area contributed by atoms with Crippen molar-refractivity contribution >= 4 is 0 Å². The minimum absolute atomic E-state index is 0.234. The molecule has 38 heavy (non-hydrogen) atoms. The molecule has 0 unspecified atom stereocenters. The van der Waals surface area contributed by atoms with Crippen LogP contribution in [-0.2, 0) is 56.8 Å². The highest BCUT2D eigenvalue weighted by atomic mass is 16.6. The zero-order valence-electron chi connectivity index (χ0n) is 24.0. The molecule has 0 saturated heterocycles. The van der Waals surface area contributed by atoms with Crippen LogP contribution in [0.5, 0.6) is 0 Å². The predicted molar refractivity (Wildman–Crippen MR) is 141 cm³/mol. The molecule has 12 nitrogen and oxygen atoms in total. The Morgan fingerprint density at radius 3 is 0.658 bits per heavy atom. The molecule has 0 aromatic rings. The molecule has 0 aliphatic rings. The van der Waals surface area contributed by atoms with E-state index in [9.17, 15) is 0 Å². The Hall–Kier alpha value is -0.480. The molecular weight excluding hydrogens is 504 g/mol. The molecule has 0 heterocycles. The van der Waals surface area contributed by atoms with Crippen LogP contribution in [-0.4, -0.2) is 159 Å². The Kier molecular flexibility index (Phi) is 34.1. The van der Waals surface area contributed by atoms with E-state index in [1.54, 1.807) is 7.11 Å². The molecule has 0 aliphatic carbocycles. The van der Waals surface area contributed by atoms with Crippen molar-refractivity contribution in [3.8, 4) is 0 Å². The van der Waals surface area contributed by atoms with E-state index in [0.717, 1.165) is 0 Å². The van der Waals surface area contributed by atoms with Crippen LogP contribution in [0.3, 0.4) is 0 Å². The highest BCUT2D eigenvalue weighted by Crippen LogP contribution is 1.89. The average molecular weight is 559 g/mol. The average Bonchev–Trinajstić information content (AvgIpc) is 2.91. The summed E-state index contributed by atoms with van der Waals surface area (Å²) in [5, 5.41) is 0. The van der Waals surface area contributed by atoms with E-state index < -0.39 is 0 Å². The summed E-state index contributed by atoms with van der Waals surface area (Å²) >= 11 is 0. The summed E-state index contributed by atoms with van der Waals surface area (Å²) in [6.07, 6.45) is 0.234. The Bertz CT molecular complexity index is 418. The highest BCUT2D eigenvalue weighted by Gasteiger charge is 1.96. The van der Waals surface area contributed by atoms with Crippen molar-refractivity contribution in [2.45, 2.75) is 20.0 Å². The second kappa shape index (κ2) is 34.5. The first-order chi connectivity index (χ1) is 18.8. The molecule has 0 fully saturated rings. The topological polar surface area (TPSA) is 111 Å². The maximum atomic E-state index is 5.46. The van der Waals surface area contributed by atoms with E-state index >= 15 is 0 Å². The van der Waals surface area contributed by atoms with Gasteiger partial charge >= 0.3 is 0 Å². The van der Waals surface area contributed by atoms with Gasteiger partial charge in [0.2, 0.25) is 0 Å². The fourth-order valence-electron chi connectivity index (χ4n) is 2.57. The minimum atomic E-state index is 0.234. The first kappa shape index (κ1) is 37.5. The number of hydrogen-bond donors (Lipinski definition) is 0. The van der Waals surface area contributed by atoms with Crippen molar-refractivity contribution in [2.24, 2.45) is 0 Å². The molecule has 0 aromatic carbocycles. The zero-order valence-corrected chi connectivity index (χ0v) is 24.0. The third-order valence-corrected chi connectivity index (χ3v) is 4.46. The maximum absolute atomic E-state index is 5.46. The fraction of sp³-hybridized carbons (Fsp3) is 1.00. The summed E-state index contributed by atoms with van der Waals surface area (Å²) in [6.45, 7) is 16.0. The monoisotopic (exact) mass is 558 g/mol. The molecule has 0 rings (SSSR count). The SMILES string of the molecule is COCCOCCOCCOCCOCCOCCOCCOCCOCCOCCOCCOC(C)C. The lowest BCUT2D eigenvalue weighted by Crippen LogP contribution is -2.15. The molecule has 0 atom stereocenters. The lowest BCUT2D eigenvalue weighted by Gasteiger charge is -2.09. The summed E-state index contributed by atoms with van der Waals surface area (Å²) in [4.78, 5) is 0. The Balaban J connectivity index is 3.02. The summed E-state index contributed by atoms with van der Waals surface area (Å²) < 4.78 is 64.5. The van der Waals surface area contributed by atoms with Gasteiger partial charge in [-0.15, -0.1) is 0 Å². The molecule has 0 aromatic heterocycles. The van der Waals surface area contributed by atoms with Gasteiger partial charge in [0.05, 0.1) is 151 Å². The van der Waals surface area contributed by atoms with E-state index in [2.05, 4.69) is 0 Å². The first-order valence-electron chi connectivity index (χ1n) is 13.6. The van der Waals surface area contributed by atoms with E-state index in [1.807, 2.05) is 13.8 Å². The summed E-state index contributed by atoms with van der Waals surface area (Å²) in [6, 6.07) is 0. The van der Waals surface area contributed by atoms with Crippen LogP contribution >= 0.6 is 0 Å². The second-order valence-electron chi connectivity index (χ2n) is 8.04. The van der Waals surface area contributed by atoms with Crippen LogP contribution in [0.2, 0.25) is 0 Å². The van der Waals surface area contributed by atoms with Crippen molar-refractivity contribution in [1.29, 1.82) is 0 Å². The summed E-state index contributed by atoms with van der Waals surface area (Å²) in [5.41, 5.74) is 0. The molecule has 0 aliphatic heterocycles. The van der Waals surface area contributed by atoms with Gasteiger partial charge in [-0.25, -0.2) is 0 Å². The lowest BCUT2D eigenvalue weighted by atomic mass is 10.5.